The zero-order chi connectivity index (χ0) is 11.7. The topological polar surface area (TPSA) is 29.3 Å². The van der Waals surface area contributed by atoms with Gasteiger partial charge in [0, 0.05) is 12.1 Å². The van der Waals surface area contributed by atoms with Crippen molar-refractivity contribution >= 4 is 0 Å². The monoisotopic (exact) mass is 230 g/mol. The molecule has 1 aliphatic carbocycles. The predicted molar refractivity (Wildman–Crippen MR) is 70.9 cm³/mol. The number of hydrogen-bond donors (Lipinski definition) is 1. The number of benzene rings is 1. The third kappa shape index (κ3) is 2.12. The zero-order valence-electron chi connectivity index (χ0n) is 10.4. The van der Waals surface area contributed by atoms with Crippen LogP contribution in [0.3, 0.4) is 0 Å². The van der Waals surface area contributed by atoms with Crippen LogP contribution in [0.4, 0.5) is 0 Å². The van der Waals surface area contributed by atoms with Crippen molar-refractivity contribution in [3.8, 4) is 0 Å². The molecule has 2 aliphatic rings. The van der Waals surface area contributed by atoms with Gasteiger partial charge in [0.25, 0.3) is 0 Å². The van der Waals surface area contributed by atoms with Crippen molar-refractivity contribution in [2.45, 2.75) is 44.2 Å². The maximum Gasteiger partial charge on any atom is 0.0455 e. The fourth-order valence-electron chi connectivity index (χ4n) is 3.46. The fraction of sp³-hybridized carbons (Fsp3) is 0.600. The molecule has 2 nitrogen and oxygen atoms in total. The largest absolute Gasteiger partial charge is 0.323 e. The molecule has 0 aromatic heterocycles. The number of likely N-dealkylation sites (tertiary alicyclic amines) is 1. The average Bonchev–Trinajstić information content (AvgIpc) is 2.83. The van der Waals surface area contributed by atoms with Crippen molar-refractivity contribution in [2.75, 3.05) is 13.1 Å². The fourth-order valence-corrected chi connectivity index (χ4v) is 3.46. The van der Waals surface area contributed by atoms with Crippen molar-refractivity contribution < 1.29 is 0 Å². The molecule has 1 fully saturated rings. The minimum atomic E-state index is 0.215. The van der Waals surface area contributed by atoms with E-state index in [-0.39, 0.29) is 6.04 Å². The summed E-state index contributed by atoms with van der Waals surface area (Å²) in [5.74, 6) is 0. The summed E-state index contributed by atoms with van der Waals surface area (Å²) in [6.45, 7) is 2.50. The lowest BCUT2D eigenvalue weighted by atomic mass is 9.96. The van der Waals surface area contributed by atoms with E-state index >= 15 is 0 Å². The summed E-state index contributed by atoms with van der Waals surface area (Å²) in [6.07, 6.45) is 6.45. The molecule has 0 spiro atoms. The second-order valence-electron chi connectivity index (χ2n) is 5.43. The van der Waals surface area contributed by atoms with E-state index in [9.17, 15) is 0 Å². The average molecular weight is 230 g/mol. The van der Waals surface area contributed by atoms with Gasteiger partial charge < -0.3 is 5.73 Å². The van der Waals surface area contributed by atoms with Crippen LogP contribution in [0.5, 0.6) is 0 Å². The van der Waals surface area contributed by atoms with Crippen LogP contribution in [-0.2, 0) is 6.42 Å². The van der Waals surface area contributed by atoms with Gasteiger partial charge in [-0.15, -0.1) is 0 Å². The first-order chi connectivity index (χ1) is 8.36. The van der Waals surface area contributed by atoms with Gasteiger partial charge in [-0.25, -0.2) is 0 Å². The minimum Gasteiger partial charge on any atom is -0.323 e. The van der Waals surface area contributed by atoms with Crippen LogP contribution < -0.4 is 5.73 Å². The summed E-state index contributed by atoms with van der Waals surface area (Å²) in [5.41, 5.74) is 9.39. The van der Waals surface area contributed by atoms with Crippen LogP contribution in [0, 0.1) is 0 Å². The Morgan fingerprint density at radius 2 is 1.82 bits per heavy atom. The zero-order valence-corrected chi connectivity index (χ0v) is 10.4. The number of rotatable bonds is 1. The van der Waals surface area contributed by atoms with Crippen molar-refractivity contribution in [3.63, 3.8) is 0 Å². The van der Waals surface area contributed by atoms with E-state index in [2.05, 4.69) is 29.2 Å². The highest BCUT2D eigenvalue weighted by Gasteiger charge is 2.30. The molecule has 92 valence electrons. The second kappa shape index (κ2) is 4.79. The van der Waals surface area contributed by atoms with Crippen LogP contribution >= 0.6 is 0 Å². The van der Waals surface area contributed by atoms with E-state index in [1.165, 1.54) is 56.3 Å². The summed E-state index contributed by atoms with van der Waals surface area (Å²) >= 11 is 0. The minimum absolute atomic E-state index is 0.215. The van der Waals surface area contributed by atoms with Gasteiger partial charge in [-0.05, 0) is 56.3 Å². The molecule has 1 heterocycles. The van der Waals surface area contributed by atoms with E-state index in [1.54, 1.807) is 0 Å². The first kappa shape index (κ1) is 11.2. The molecule has 1 saturated heterocycles. The van der Waals surface area contributed by atoms with Gasteiger partial charge in [0.1, 0.15) is 0 Å². The Labute approximate surface area is 104 Å². The molecule has 2 atom stereocenters. The first-order valence-corrected chi connectivity index (χ1v) is 6.94. The molecular weight excluding hydrogens is 208 g/mol. The van der Waals surface area contributed by atoms with Gasteiger partial charge in [0.2, 0.25) is 0 Å². The normalized spacial score (nSPS) is 29.9. The molecule has 1 aromatic carbocycles. The summed E-state index contributed by atoms with van der Waals surface area (Å²) in [6, 6.07) is 9.54. The van der Waals surface area contributed by atoms with Crippen LogP contribution in [0.1, 0.15) is 42.9 Å². The maximum absolute atomic E-state index is 6.53. The Kier molecular flexibility index (Phi) is 3.17. The number of nitrogens with two attached hydrogens (primary N) is 1. The molecule has 0 saturated carbocycles. The van der Waals surface area contributed by atoms with E-state index < -0.39 is 0 Å². The van der Waals surface area contributed by atoms with Gasteiger partial charge in [0.05, 0.1) is 0 Å². The quantitative estimate of drug-likeness (QED) is 0.751. The van der Waals surface area contributed by atoms with E-state index in [4.69, 9.17) is 5.73 Å². The SMILES string of the molecule is NC1c2ccccc2CCCC1N1CCCC1. The third-order valence-corrected chi connectivity index (χ3v) is 4.38. The molecule has 0 radical (unpaired) electrons. The van der Waals surface area contributed by atoms with Gasteiger partial charge >= 0.3 is 0 Å². The summed E-state index contributed by atoms with van der Waals surface area (Å²) in [7, 11) is 0. The Morgan fingerprint density at radius 3 is 2.65 bits per heavy atom. The van der Waals surface area contributed by atoms with Gasteiger partial charge in [-0.1, -0.05) is 24.3 Å². The Hall–Kier alpha value is -0.860. The van der Waals surface area contributed by atoms with Crippen molar-refractivity contribution in [1.29, 1.82) is 0 Å². The van der Waals surface area contributed by atoms with E-state index in [0.717, 1.165) is 0 Å². The van der Waals surface area contributed by atoms with E-state index in [0.29, 0.717) is 6.04 Å². The van der Waals surface area contributed by atoms with Gasteiger partial charge in [-0.3, -0.25) is 4.90 Å². The Bertz CT molecular complexity index is 382. The number of fused-ring (bicyclic) bond motifs is 1. The molecule has 3 rings (SSSR count). The molecule has 0 bridgehead atoms. The molecule has 17 heavy (non-hydrogen) atoms. The molecular formula is C15H22N2. The Morgan fingerprint density at radius 1 is 1.06 bits per heavy atom. The molecule has 0 amide bonds. The van der Waals surface area contributed by atoms with Crippen LogP contribution in [0.25, 0.3) is 0 Å². The first-order valence-electron chi connectivity index (χ1n) is 6.94. The summed E-state index contributed by atoms with van der Waals surface area (Å²) < 4.78 is 0. The number of nitrogens with zero attached hydrogens (tertiary/aromatic N) is 1. The number of aryl methyl sites for hydroxylation is 1. The van der Waals surface area contributed by atoms with Crippen molar-refractivity contribution in [3.05, 3.63) is 35.4 Å². The molecule has 1 aliphatic heterocycles. The smallest absolute Gasteiger partial charge is 0.0455 e. The lowest BCUT2D eigenvalue weighted by Gasteiger charge is -2.31. The lowest BCUT2D eigenvalue weighted by Crippen LogP contribution is -2.40. The Balaban J connectivity index is 1.88. The van der Waals surface area contributed by atoms with Crippen molar-refractivity contribution in [1.82, 2.24) is 4.90 Å². The molecule has 1 aromatic rings. The van der Waals surface area contributed by atoms with Gasteiger partial charge in [-0.2, -0.15) is 0 Å². The van der Waals surface area contributed by atoms with Crippen LogP contribution in [0.2, 0.25) is 0 Å². The highest BCUT2D eigenvalue weighted by molar-refractivity contribution is 5.32. The molecule has 2 heteroatoms. The molecule has 2 N–H and O–H groups in total. The van der Waals surface area contributed by atoms with Crippen LogP contribution in [0.15, 0.2) is 24.3 Å². The highest BCUT2D eigenvalue weighted by atomic mass is 15.2. The standard InChI is InChI=1S/C15H22N2/c16-15-13-8-2-1-6-12(13)7-5-9-14(15)17-10-3-4-11-17/h1-2,6,8,14-15H,3-5,7,9-11,16H2. The maximum atomic E-state index is 6.53. The molecule has 2 unspecified atom stereocenters. The summed E-state index contributed by atoms with van der Waals surface area (Å²) in [5, 5.41) is 0. The highest BCUT2D eigenvalue weighted by Crippen LogP contribution is 2.31. The van der Waals surface area contributed by atoms with Crippen LogP contribution in [-0.4, -0.2) is 24.0 Å². The third-order valence-electron chi connectivity index (χ3n) is 4.38. The number of hydrogen-bond acceptors (Lipinski definition) is 2. The summed E-state index contributed by atoms with van der Waals surface area (Å²) in [4.78, 5) is 2.62. The van der Waals surface area contributed by atoms with Crippen molar-refractivity contribution in [2.24, 2.45) is 5.73 Å². The predicted octanol–water partition coefficient (Wildman–Crippen LogP) is 2.49. The lowest BCUT2D eigenvalue weighted by molar-refractivity contribution is 0.200. The van der Waals surface area contributed by atoms with E-state index in [1.807, 2.05) is 0 Å². The second-order valence-corrected chi connectivity index (χ2v) is 5.43. The van der Waals surface area contributed by atoms with Gasteiger partial charge in [0.15, 0.2) is 0 Å².